The molecule has 0 aliphatic rings. The predicted molar refractivity (Wildman–Crippen MR) is 99.8 cm³/mol. The number of phenolic OH excluding ortho intramolecular Hbond substituents is 1. The first-order valence-electron chi connectivity index (χ1n) is 7.96. The van der Waals surface area contributed by atoms with Crippen molar-refractivity contribution < 1.29 is 14.6 Å². The van der Waals surface area contributed by atoms with Crippen molar-refractivity contribution in [3.05, 3.63) is 70.5 Å². The van der Waals surface area contributed by atoms with E-state index in [1.807, 2.05) is 26.0 Å². The second-order valence-corrected chi connectivity index (χ2v) is 6.27. The van der Waals surface area contributed by atoms with Gasteiger partial charge in [0.2, 0.25) is 0 Å². The fourth-order valence-corrected chi connectivity index (χ4v) is 2.57. The van der Waals surface area contributed by atoms with Crippen molar-refractivity contribution >= 4 is 23.2 Å². The summed E-state index contributed by atoms with van der Waals surface area (Å²) in [4.78, 5) is 12.2. The molecule has 6 nitrogen and oxygen atoms in total. The lowest BCUT2D eigenvalue weighted by atomic mass is 10.1. The molecule has 3 aromatic rings. The van der Waals surface area contributed by atoms with Gasteiger partial charge in [0.1, 0.15) is 11.5 Å². The first-order chi connectivity index (χ1) is 12.4. The summed E-state index contributed by atoms with van der Waals surface area (Å²) < 4.78 is 7.24. The van der Waals surface area contributed by atoms with E-state index in [2.05, 4.69) is 10.4 Å². The fourth-order valence-electron chi connectivity index (χ4n) is 2.46. The summed E-state index contributed by atoms with van der Waals surface area (Å²) in [6.07, 6.45) is 1.66. The Hall–Kier alpha value is -2.99. The fraction of sp³-hybridized carbons (Fsp3) is 0.158. The van der Waals surface area contributed by atoms with E-state index in [9.17, 15) is 9.90 Å². The lowest BCUT2D eigenvalue weighted by molar-refractivity contribution is 0.102. The molecule has 0 aliphatic carbocycles. The van der Waals surface area contributed by atoms with E-state index in [0.29, 0.717) is 11.4 Å². The Labute approximate surface area is 156 Å². The molecule has 0 radical (unpaired) electrons. The number of hydrogen-bond donors (Lipinski definition) is 2. The summed E-state index contributed by atoms with van der Waals surface area (Å²) in [5.74, 6) is 0.397. The molecule has 3 rings (SSSR count). The number of phenols is 1. The molecular formula is C19H18ClN3O3. The van der Waals surface area contributed by atoms with Gasteiger partial charge in [-0.3, -0.25) is 4.79 Å². The topological polar surface area (TPSA) is 76.4 Å². The van der Waals surface area contributed by atoms with Gasteiger partial charge in [-0.1, -0.05) is 17.7 Å². The first kappa shape index (κ1) is 17.8. The van der Waals surface area contributed by atoms with Gasteiger partial charge in [0.15, 0.2) is 12.4 Å². The number of benzene rings is 2. The Balaban J connectivity index is 1.63. The summed E-state index contributed by atoms with van der Waals surface area (Å²) in [7, 11) is 0. The van der Waals surface area contributed by atoms with E-state index in [1.54, 1.807) is 24.4 Å². The van der Waals surface area contributed by atoms with E-state index in [1.165, 1.54) is 16.8 Å². The van der Waals surface area contributed by atoms with E-state index in [-0.39, 0.29) is 24.1 Å². The number of nitrogens with zero attached hydrogens (tertiary/aromatic N) is 2. The molecule has 0 atom stereocenters. The van der Waals surface area contributed by atoms with Crippen molar-refractivity contribution in [2.75, 3.05) is 5.32 Å². The van der Waals surface area contributed by atoms with Gasteiger partial charge in [-0.2, -0.15) is 5.10 Å². The second-order valence-electron chi connectivity index (χ2n) is 5.89. The van der Waals surface area contributed by atoms with Crippen molar-refractivity contribution in [3.8, 4) is 11.5 Å². The summed E-state index contributed by atoms with van der Waals surface area (Å²) in [6.45, 7) is 4.00. The number of aromatic hydroxyl groups is 1. The van der Waals surface area contributed by atoms with Crippen LogP contribution >= 0.6 is 11.6 Å². The molecule has 0 saturated carbocycles. The highest BCUT2D eigenvalue weighted by Crippen LogP contribution is 2.26. The van der Waals surface area contributed by atoms with E-state index in [0.717, 1.165) is 16.1 Å². The third-order valence-electron chi connectivity index (χ3n) is 3.75. The minimum absolute atomic E-state index is 0.0790. The van der Waals surface area contributed by atoms with Crippen LogP contribution < -0.4 is 10.1 Å². The summed E-state index contributed by atoms with van der Waals surface area (Å²) in [6, 6.07) is 11.6. The molecule has 0 spiro atoms. The number of aryl methyl sites for hydroxylation is 2. The molecule has 26 heavy (non-hydrogen) atoms. The maximum absolute atomic E-state index is 12.2. The van der Waals surface area contributed by atoms with E-state index in [4.69, 9.17) is 16.3 Å². The van der Waals surface area contributed by atoms with Gasteiger partial charge < -0.3 is 15.2 Å². The van der Waals surface area contributed by atoms with Crippen molar-refractivity contribution in [3.63, 3.8) is 0 Å². The zero-order valence-corrected chi connectivity index (χ0v) is 15.1. The Morgan fingerprint density at radius 2 is 1.96 bits per heavy atom. The molecule has 134 valence electrons. The highest BCUT2D eigenvalue weighted by molar-refractivity contribution is 6.32. The number of hydrogen-bond acceptors (Lipinski definition) is 4. The lowest BCUT2D eigenvalue weighted by Crippen LogP contribution is -2.14. The number of carbonyl (C=O) groups is 1. The molecule has 7 heteroatoms. The SMILES string of the molecule is Cc1cc(OCn2ccc(C(=O)Nc3cccc(O)c3)n2)cc(C)c1Cl. The van der Waals surface area contributed by atoms with Crippen molar-refractivity contribution in [1.29, 1.82) is 0 Å². The van der Waals surface area contributed by atoms with Crippen LogP contribution in [0.25, 0.3) is 0 Å². The Morgan fingerprint density at radius 3 is 2.65 bits per heavy atom. The highest BCUT2D eigenvalue weighted by Gasteiger charge is 2.11. The number of ether oxygens (including phenoxy) is 1. The number of anilines is 1. The smallest absolute Gasteiger partial charge is 0.276 e. The van der Waals surface area contributed by atoms with Gasteiger partial charge >= 0.3 is 0 Å². The van der Waals surface area contributed by atoms with E-state index >= 15 is 0 Å². The largest absolute Gasteiger partial charge is 0.508 e. The van der Waals surface area contributed by atoms with Crippen LogP contribution in [0.2, 0.25) is 5.02 Å². The number of rotatable bonds is 5. The number of nitrogens with one attached hydrogen (secondary N) is 1. The Bertz CT molecular complexity index is 930. The third-order valence-corrected chi connectivity index (χ3v) is 4.35. The standard InChI is InChI=1S/C19H18ClN3O3/c1-12-8-16(9-13(2)18(12)20)26-11-23-7-6-17(22-23)19(25)21-14-4-3-5-15(24)10-14/h3-10,24H,11H2,1-2H3,(H,21,25). The van der Waals surface area contributed by atoms with Gasteiger partial charge in [0, 0.05) is 23.0 Å². The van der Waals surface area contributed by atoms with Crippen molar-refractivity contribution in [2.45, 2.75) is 20.6 Å². The second kappa shape index (κ2) is 7.49. The van der Waals surface area contributed by atoms with Crippen molar-refractivity contribution in [1.82, 2.24) is 9.78 Å². The molecule has 2 N–H and O–H groups in total. The van der Waals surface area contributed by atoms with E-state index < -0.39 is 0 Å². The zero-order valence-electron chi connectivity index (χ0n) is 14.4. The minimum Gasteiger partial charge on any atom is -0.508 e. The van der Waals surface area contributed by atoms with Gasteiger partial charge in [0.05, 0.1) is 0 Å². The summed E-state index contributed by atoms with van der Waals surface area (Å²) in [5, 5.41) is 17.0. The van der Waals surface area contributed by atoms with Gasteiger partial charge in [0.25, 0.3) is 5.91 Å². The lowest BCUT2D eigenvalue weighted by Gasteiger charge is -2.10. The monoisotopic (exact) mass is 371 g/mol. The molecule has 2 aromatic carbocycles. The summed E-state index contributed by atoms with van der Waals surface area (Å²) >= 11 is 6.15. The first-order valence-corrected chi connectivity index (χ1v) is 8.33. The maximum atomic E-state index is 12.2. The predicted octanol–water partition coefficient (Wildman–Crippen LogP) is 4.15. The molecule has 0 saturated heterocycles. The average Bonchev–Trinajstić information content (AvgIpc) is 3.07. The van der Waals surface area contributed by atoms with Crippen LogP contribution in [0.5, 0.6) is 11.5 Å². The van der Waals surface area contributed by atoms with Crippen LogP contribution in [0.4, 0.5) is 5.69 Å². The van der Waals surface area contributed by atoms with Crippen molar-refractivity contribution in [2.24, 2.45) is 0 Å². The van der Waals surface area contributed by atoms with Gasteiger partial charge in [-0.05, 0) is 55.3 Å². The average molecular weight is 372 g/mol. The van der Waals surface area contributed by atoms with Gasteiger partial charge in [-0.15, -0.1) is 0 Å². The molecule has 1 amide bonds. The highest BCUT2D eigenvalue weighted by atomic mass is 35.5. The molecule has 0 unspecified atom stereocenters. The summed E-state index contributed by atoms with van der Waals surface area (Å²) in [5.41, 5.74) is 2.62. The van der Waals surface area contributed by atoms with Gasteiger partial charge in [-0.25, -0.2) is 4.68 Å². The molecule has 0 bridgehead atoms. The van der Waals surface area contributed by atoms with Crippen LogP contribution in [-0.2, 0) is 6.73 Å². The molecule has 1 heterocycles. The molecule has 0 fully saturated rings. The van der Waals surface area contributed by atoms with Crippen LogP contribution in [0.1, 0.15) is 21.6 Å². The van der Waals surface area contributed by atoms with Crippen LogP contribution in [-0.4, -0.2) is 20.8 Å². The number of amides is 1. The quantitative estimate of drug-likeness (QED) is 0.706. The minimum atomic E-state index is -0.368. The maximum Gasteiger partial charge on any atom is 0.276 e. The number of halogens is 1. The molecular weight excluding hydrogens is 354 g/mol. The van der Waals surface area contributed by atoms with Crippen LogP contribution in [0.3, 0.4) is 0 Å². The Morgan fingerprint density at radius 1 is 1.23 bits per heavy atom. The molecule has 1 aromatic heterocycles. The van der Waals surface area contributed by atoms with Crippen LogP contribution in [0.15, 0.2) is 48.7 Å². The normalized spacial score (nSPS) is 10.6. The van der Waals surface area contributed by atoms with Crippen LogP contribution in [0, 0.1) is 13.8 Å². The third kappa shape index (κ3) is 4.15. The zero-order chi connectivity index (χ0) is 18.7. The number of carbonyl (C=O) groups excluding carboxylic acids is 1. The number of aromatic nitrogens is 2. The molecule has 0 aliphatic heterocycles. The Kier molecular flexibility index (Phi) is 5.14.